The molecule has 0 radical (unpaired) electrons. The fraction of sp³-hybridized carbons (Fsp3) is 0.350. The molecule has 174 valence electrons. The maximum atomic E-state index is 14.4. The maximum absolute atomic E-state index is 14.4. The van der Waals surface area contributed by atoms with E-state index in [0.29, 0.717) is 27.9 Å². The van der Waals surface area contributed by atoms with Crippen molar-refractivity contribution < 1.29 is 40.1 Å². The molecule has 0 aliphatic carbocycles. The Bertz CT molecular complexity index is 969. The molecule has 12 heteroatoms. The molecule has 0 spiro atoms. The molecule has 2 aromatic rings. The summed E-state index contributed by atoms with van der Waals surface area (Å²) in [6.45, 7) is 0.109. The first-order chi connectivity index (χ1) is 14.8. The van der Waals surface area contributed by atoms with E-state index in [0.717, 1.165) is 12.1 Å². The molecular formula is C20H15BrF7NO2S. The van der Waals surface area contributed by atoms with Gasteiger partial charge in [0, 0.05) is 34.6 Å². The molecule has 3 rings (SSSR count). The minimum absolute atomic E-state index is 0.0751. The van der Waals surface area contributed by atoms with Crippen molar-refractivity contribution in [2.24, 2.45) is 0 Å². The van der Waals surface area contributed by atoms with Gasteiger partial charge in [-0.25, -0.2) is 4.39 Å². The number of alkyl halides is 7. The summed E-state index contributed by atoms with van der Waals surface area (Å²) < 4.78 is 105. The second-order valence-corrected chi connectivity index (χ2v) is 9.98. The van der Waals surface area contributed by atoms with Crippen LogP contribution in [0.2, 0.25) is 0 Å². The van der Waals surface area contributed by atoms with Gasteiger partial charge in [-0.2, -0.15) is 26.3 Å². The van der Waals surface area contributed by atoms with E-state index in [9.17, 15) is 40.1 Å². The van der Waals surface area contributed by atoms with Crippen molar-refractivity contribution in [3.63, 3.8) is 0 Å². The van der Waals surface area contributed by atoms with Gasteiger partial charge in [-0.1, -0.05) is 46.3 Å². The lowest BCUT2D eigenvalue weighted by atomic mass is 9.90. The third-order valence-electron chi connectivity index (χ3n) is 5.37. The van der Waals surface area contributed by atoms with Crippen LogP contribution in [0.5, 0.6) is 0 Å². The molecule has 1 saturated heterocycles. The predicted octanol–water partition coefficient (Wildman–Crippen LogP) is 5.60. The Morgan fingerprint density at radius 1 is 1.00 bits per heavy atom. The number of carbonyl (C=O) groups excluding carboxylic acids is 1. The number of benzene rings is 2. The number of amides is 1. The third kappa shape index (κ3) is 4.12. The molecule has 32 heavy (non-hydrogen) atoms. The molecule has 2 aromatic carbocycles. The van der Waals surface area contributed by atoms with Crippen LogP contribution >= 0.6 is 15.9 Å². The number of rotatable bonds is 5. The molecule has 0 bridgehead atoms. The summed E-state index contributed by atoms with van der Waals surface area (Å²) in [7, 11) is 0. The Labute approximate surface area is 189 Å². The van der Waals surface area contributed by atoms with Crippen molar-refractivity contribution in [2.45, 2.75) is 34.1 Å². The molecule has 1 heterocycles. The van der Waals surface area contributed by atoms with Crippen molar-refractivity contribution in [1.82, 2.24) is 4.90 Å². The second kappa shape index (κ2) is 8.53. The molecule has 1 amide bonds. The predicted molar refractivity (Wildman–Crippen MR) is 106 cm³/mol. The van der Waals surface area contributed by atoms with Crippen LogP contribution in [-0.2, 0) is 26.4 Å². The molecule has 1 aliphatic heterocycles. The van der Waals surface area contributed by atoms with Gasteiger partial charge in [0.15, 0.2) is 9.64 Å². The van der Waals surface area contributed by atoms with Crippen LogP contribution in [0.4, 0.5) is 30.7 Å². The summed E-state index contributed by atoms with van der Waals surface area (Å²) in [5.74, 6) is 0. The Balaban J connectivity index is 2.09. The molecule has 2 unspecified atom stereocenters. The van der Waals surface area contributed by atoms with Crippen molar-refractivity contribution in [3.05, 3.63) is 64.1 Å². The van der Waals surface area contributed by atoms with Gasteiger partial charge < -0.3 is 9.45 Å². The number of hydrogen-bond acceptors (Lipinski definition) is 2. The first kappa shape index (κ1) is 24.8. The number of nitrogens with zero attached hydrogens (tertiary/aromatic N) is 1. The minimum Gasteiger partial charge on any atom is -0.611 e. The standard InChI is InChI=1S/C20H15BrF7NO2S/c21-15-2-1-3-16(10-15)32(31)17(8-9-29(11-17)12-30)13-4-6-14(7-5-13)18(22,19(23,24)25)20(26,27)28/h1-7,10,12H,8-9,11H2. The Hall–Kier alpha value is -1.79. The van der Waals surface area contributed by atoms with Gasteiger partial charge >= 0.3 is 18.0 Å². The van der Waals surface area contributed by atoms with Gasteiger partial charge in [0.25, 0.3) is 0 Å². The van der Waals surface area contributed by atoms with E-state index in [-0.39, 0.29) is 25.1 Å². The van der Waals surface area contributed by atoms with Gasteiger partial charge in [0.2, 0.25) is 6.41 Å². The Morgan fingerprint density at radius 2 is 1.59 bits per heavy atom. The zero-order chi connectivity index (χ0) is 23.9. The van der Waals surface area contributed by atoms with E-state index in [4.69, 9.17) is 0 Å². The summed E-state index contributed by atoms with van der Waals surface area (Å²) in [6, 6.07) is 9.04. The van der Waals surface area contributed by atoms with E-state index in [1.54, 1.807) is 24.3 Å². The second-order valence-electron chi connectivity index (χ2n) is 7.28. The molecule has 3 nitrogen and oxygen atoms in total. The summed E-state index contributed by atoms with van der Waals surface area (Å²) in [5, 5.41) is 0. The topological polar surface area (TPSA) is 43.4 Å². The van der Waals surface area contributed by atoms with Crippen molar-refractivity contribution >= 4 is 33.5 Å². The van der Waals surface area contributed by atoms with Crippen LogP contribution < -0.4 is 0 Å². The first-order valence-corrected chi connectivity index (χ1v) is 11.0. The first-order valence-electron chi connectivity index (χ1n) is 9.06. The summed E-state index contributed by atoms with van der Waals surface area (Å²) in [5.41, 5.74) is -7.05. The van der Waals surface area contributed by atoms with E-state index >= 15 is 0 Å². The van der Waals surface area contributed by atoms with Crippen molar-refractivity contribution in [1.29, 1.82) is 0 Å². The highest BCUT2D eigenvalue weighted by molar-refractivity contribution is 9.10. The number of likely N-dealkylation sites (tertiary alicyclic amines) is 1. The smallest absolute Gasteiger partial charge is 0.435 e. The molecule has 0 N–H and O–H groups in total. The quantitative estimate of drug-likeness (QED) is 0.279. The van der Waals surface area contributed by atoms with Gasteiger partial charge in [-0.15, -0.1) is 0 Å². The third-order valence-corrected chi connectivity index (χ3v) is 7.82. The van der Waals surface area contributed by atoms with E-state index in [1.165, 1.54) is 4.90 Å². The lowest BCUT2D eigenvalue weighted by Crippen LogP contribution is -2.50. The van der Waals surface area contributed by atoms with Crippen molar-refractivity contribution in [2.75, 3.05) is 13.1 Å². The lowest BCUT2D eigenvalue weighted by molar-refractivity contribution is -0.348. The molecule has 1 aliphatic rings. The van der Waals surface area contributed by atoms with Gasteiger partial charge in [0.05, 0.1) is 6.54 Å². The van der Waals surface area contributed by atoms with E-state index < -0.39 is 39.5 Å². The van der Waals surface area contributed by atoms with Crippen LogP contribution in [-0.4, -0.2) is 41.3 Å². The fourth-order valence-corrected chi connectivity index (χ4v) is 6.04. The molecule has 0 saturated carbocycles. The minimum atomic E-state index is -6.23. The largest absolute Gasteiger partial charge is 0.611 e. The Morgan fingerprint density at radius 3 is 2.06 bits per heavy atom. The Kier molecular flexibility index (Phi) is 6.62. The van der Waals surface area contributed by atoms with Crippen LogP contribution in [0.15, 0.2) is 57.9 Å². The SMILES string of the molecule is O=CN1CCC(c2ccc(C(F)(C(F)(F)F)C(F)(F)F)cc2)([S+]([O-])c2cccc(Br)c2)C1. The molecule has 1 fully saturated rings. The zero-order valence-corrected chi connectivity index (χ0v) is 18.4. The molecule has 0 aromatic heterocycles. The average Bonchev–Trinajstić information content (AvgIpc) is 3.17. The number of hydrogen-bond donors (Lipinski definition) is 0. The zero-order valence-electron chi connectivity index (χ0n) is 16.0. The van der Waals surface area contributed by atoms with Gasteiger partial charge in [-0.3, -0.25) is 4.79 Å². The highest BCUT2D eigenvalue weighted by Gasteiger charge is 2.73. The molecule has 2 atom stereocenters. The highest BCUT2D eigenvalue weighted by atomic mass is 79.9. The van der Waals surface area contributed by atoms with Crippen LogP contribution in [0.3, 0.4) is 0 Å². The normalized spacial score (nSPS) is 21.0. The lowest BCUT2D eigenvalue weighted by Gasteiger charge is -2.33. The van der Waals surface area contributed by atoms with E-state index in [2.05, 4.69) is 15.9 Å². The number of carbonyl (C=O) groups is 1. The van der Waals surface area contributed by atoms with Crippen LogP contribution in [0.25, 0.3) is 0 Å². The molecular weight excluding hydrogens is 531 g/mol. The summed E-state index contributed by atoms with van der Waals surface area (Å²) in [4.78, 5) is 12.9. The maximum Gasteiger partial charge on any atom is 0.435 e. The highest BCUT2D eigenvalue weighted by Crippen LogP contribution is 2.53. The monoisotopic (exact) mass is 545 g/mol. The van der Waals surface area contributed by atoms with Gasteiger partial charge in [0.1, 0.15) is 0 Å². The number of halogens is 8. The van der Waals surface area contributed by atoms with E-state index in [1.807, 2.05) is 0 Å². The van der Waals surface area contributed by atoms with Crippen LogP contribution in [0.1, 0.15) is 17.5 Å². The summed E-state index contributed by atoms with van der Waals surface area (Å²) >= 11 is 1.42. The fourth-order valence-electron chi connectivity index (χ4n) is 3.69. The van der Waals surface area contributed by atoms with Gasteiger partial charge in [-0.05, 0) is 23.3 Å². The summed E-state index contributed by atoms with van der Waals surface area (Å²) in [6.07, 6.45) is -11.8. The van der Waals surface area contributed by atoms with Crippen molar-refractivity contribution in [3.8, 4) is 0 Å². The average molecular weight is 546 g/mol. The van der Waals surface area contributed by atoms with Crippen LogP contribution in [0, 0.1) is 0 Å².